The first-order valence-electron chi connectivity index (χ1n) is 12.3. The van der Waals surface area contributed by atoms with E-state index in [1.54, 1.807) is 0 Å². The maximum absolute atomic E-state index is 13.0. The summed E-state index contributed by atoms with van der Waals surface area (Å²) in [4.78, 5) is 20.3. The highest BCUT2D eigenvalue weighted by molar-refractivity contribution is 6.30. The molecule has 2 heterocycles. The quantitative estimate of drug-likeness (QED) is 0.371. The van der Waals surface area contributed by atoms with Crippen molar-refractivity contribution in [1.29, 1.82) is 0 Å². The van der Waals surface area contributed by atoms with Gasteiger partial charge >= 0.3 is 0 Å². The molecule has 1 atom stereocenters. The summed E-state index contributed by atoms with van der Waals surface area (Å²) in [6, 6.07) is 24.6. The van der Waals surface area contributed by atoms with Crippen molar-refractivity contribution in [1.82, 2.24) is 19.8 Å². The monoisotopic (exact) mass is 486 g/mol. The molecule has 1 aliphatic heterocycles. The molecule has 0 spiro atoms. The number of imidazole rings is 1. The minimum absolute atomic E-state index is 0.00246. The van der Waals surface area contributed by atoms with Crippen LogP contribution in [0.1, 0.15) is 35.4 Å². The Morgan fingerprint density at radius 3 is 2.69 bits per heavy atom. The molecule has 1 aromatic heterocycles. The van der Waals surface area contributed by atoms with Crippen molar-refractivity contribution < 1.29 is 4.79 Å². The largest absolute Gasteiger partial charge is 0.352 e. The van der Waals surface area contributed by atoms with Crippen molar-refractivity contribution in [2.45, 2.75) is 39.4 Å². The fourth-order valence-electron chi connectivity index (χ4n) is 4.96. The number of carbonyl (C=O) groups is 1. The molecule has 0 saturated carbocycles. The first-order valence-corrected chi connectivity index (χ1v) is 12.7. The van der Waals surface area contributed by atoms with E-state index in [4.69, 9.17) is 16.6 Å². The number of nitrogens with zero attached hydrogens (tertiary/aromatic N) is 3. The van der Waals surface area contributed by atoms with E-state index in [2.05, 4.69) is 70.2 Å². The third-order valence-corrected chi connectivity index (χ3v) is 7.03. The van der Waals surface area contributed by atoms with Gasteiger partial charge in [0.2, 0.25) is 5.91 Å². The predicted octanol–water partition coefficient (Wildman–Crippen LogP) is 5.57. The van der Waals surface area contributed by atoms with Gasteiger partial charge in [0.15, 0.2) is 0 Å². The minimum Gasteiger partial charge on any atom is -0.352 e. The number of halogens is 1. The second kappa shape index (κ2) is 10.6. The third kappa shape index (κ3) is 5.75. The number of fused-ring (bicyclic) bond motifs is 1. The lowest BCUT2D eigenvalue weighted by molar-refractivity contribution is -0.127. The van der Waals surface area contributed by atoms with Crippen LogP contribution in [0.25, 0.3) is 11.0 Å². The van der Waals surface area contributed by atoms with Crippen LogP contribution in [0.2, 0.25) is 5.02 Å². The number of hydrogen-bond acceptors (Lipinski definition) is 3. The van der Waals surface area contributed by atoms with Gasteiger partial charge < -0.3 is 9.88 Å². The number of hydrogen-bond donors (Lipinski definition) is 1. The lowest BCUT2D eigenvalue weighted by Crippen LogP contribution is -2.42. The van der Waals surface area contributed by atoms with E-state index in [1.165, 1.54) is 11.1 Å². The van der Waals surface area contributed by atoms with E-state index in [9.17, 15) is 4.79 Å². The predicted molar refractivity (Wildman–Crippen MR) is 141 cm³/mol. The van der Waals surface area contributed by atoms with Crippen molar-refractivity contribution >= 4 is 28.5 Å². The number of para-hydroxylation sites is 2. The zero-order chi connectivity index (χ0) is 24.2. The number of carbonyl (C=O) groups excluding carboxylic acids is 1. The summed E-state index contributed by atoms with van der Waals surface area (Å²) in [6.45, 7) is 5.85. The van der Waals surface area contributed by atoms with Gasteiger partial charge in [0.05, 0.1) is 23.5 Å². The second-order valence-electron chi connectivity index (χ2n) is 9.51. The zero-order valence-corrected chi connectivity index (χ0v) is 20.8. The van der Waals surface area contributed by atoms with E-state index >= 15 is 0 Å². The number of amides is 1. The van der Waals surface area contributed by atoms with Gasteiger partial charge in [-0.05, 0) is 61.7 Å². The highest BCUT2D eigenvalue weighted by Gasteiger charge is 2.27. The van der Waals surface area contributed by atoms with Crippen LogP contribution in [0, 0.1) is 12.8 Å². The number of aromatic nitrogens is 2. The molecule has 1 saturated heterocycles. The molecule has 6 heteroatoms. The highest BCUT2D eigenvalue weighted by atomic mass is 35.5. The van der Waals surface area contributed by atoms with Crippen LogP contribution >= 0.6 is 11.6 Å². The lowest BCUT2D eigenvalue weighted by Gasteiger charge is -2.31. The Morgan fingerprint density at radius 2 is 1.86 bits per heavy atom. The van der Waals surface area contributed by atoms with Gasteiger partial charge in [0, 0.05) is 24.7 Å². The molecule has 0 radical (unpaired) electrons. The summed E-state index contributed by atoms with van der Waals surface area (Å²) < 4.78 is 2.29. The van der Waals surface area contributed by atoms with E-state index in [-0.39, 0.29) is 11.8 Å². The van der Waals surface area contributed by atoms with Crippen molar-refractivity contribution in [3.8, 4) is 0 Å². The van der Waals surface area contributed by atoms with Gasteiger partial charge in [0.1, 0.15) is 5.82 Å². The molecule has 35 heavy (non-hydrogen) atoms. The maximum Gasteiger partial charge on any atom is 0.224 e. The van der Waals surface area contributed by atoms with E-state index in [0.29, 0.717) is 6.54 Å². The number of piperidine rings is 1. The van der Waals surface area contributed by atoms with Crippen LogP contribution in [-0.2, 0) is 24.4 Å². The average Bonchev–Trinajstić information content (AvgIpc) is 3.21. The second-order valence-corrected chi connectivity index (χ2v) is 9.95. The molecule has 1 amide bonds. The molecule has 0 bridgehead atoms. The summed E-state index contributed by atoms with van der Waals surface area (Å²) in [5.74, 6) is 1.18. The molecule has 0 unspecified atom stereocenters. The van der Waals surface area contributed by atoms with Gasteiger partial charge in [-0.25, -0.2) is 4.98 Å². The number of aryl methyl sites for hydroxylation is 1. The van der Waals surface area contributed by atoms with Crippen molar-refractivity contribution in [2.75, 3.05) is 13.1 Å². The Hall–Kier alpha value is -3.15. The van der Waals surface area contributed by atoms with Crippen LogP contribution in [0.15, 0.2) is 72.8 Å². The van der Waals surface area contributed by atoms with Gasteiger partial charge in [0.25, 0.3) is 0 Å². The Kier molecular flexibility index (Phi) is 7.16. The molecule has 0 aliphatic carbocycles. The molecule has 180 valence electrons. The van der Waals surface area contributed by atoms with Gasteiger partial charge in [-0.15, -0.1) is 0 Å². The van der Waals surface area contributed by atoms with Gasteiger partial charge in [-0.1, -0.05) is 65.7 Å². The van der Waals surface area contributed by atoms with Crippen LogP contribution < -0.4 is 5.32 Å². The van der Waals surface area contributed by atoms with Crippen molar-refractivity contribution in [3.63, 3.8) is 0 Å². The van der Waals surface area contributed by atoms with Gasteiger partial charge in [-0.2, -0.15) is 0 Å². The Morgan fingerprint density at radius 1 is 1.03 bits per heavy atom. The summed E-state index contributed by atoms with van der Waals surface area (Å²) >= 11 is 6.09. The standard InChI is InChI=1S/C29H31ClN4O/c1-21-6-4-7-23(16-21)17-31-29(35)24-8-5-15-33(19-24)20-28-32-26-9-2-3-10-27(26)34(28)18-22-11-13-25(30)14-12-22/h2-4,6-7,9-14,16,24H,5,8,15,17-20H2,1H3,(H,31,35)/t24-/m0/s1. The highest BCUT2D eigenvalue weighted by Crippen LogP contribution is 2.23. The molecule has 5 nitrogen and oxygen atoms in total. The minimum atomic E-state index is 0.00246. The molecule has 1 N–H and O–H groups in total. The number of rotatable bonds is 7. The van der Waals surface area contributed by atoms with Gasteiger partial charge in [-0.3, -0.25) is 9.69 Å². The van der Waals surface area contributed by atoms with Crippen LogP contribution in [0.5, 0.6) is 0 Å². The van der Waals surface area contributed by atoms with E-state index in [1.807, 2.05) is 24.3 Å². The molecule has 1 aliphatic rings. The Labute approximate surface area is 211 Å². The summed E-state index contributed by atoms with van der Waals surface area (Å²) in [5.41, 5.74) is 5.66. The molecule has 4 aromatic rings. The molecular weight excluding hydrogens is 456 g/mol. The van der Waals surface area contributed by atoms with Crippen molar-refractivity contribution in [3.05, 3.63) is 100 Å². The number of benzene rings is 3. The number of nitrogens with one attached hydrogen (secondary N) is 1. The Balaban J connectivity index is 1.28. The van der Waals surface area contributed by atoms with Crippen LogP contribution in [0.3, 0.4) is 0 Å². The van der Waals surface area contributed by atoms with E-state index in [0.717, 1.165) is 66.5 Å². The third-order valence-electron chi connectivity index (χ3n) is 6.78. The molecule has 3 aromatic carbocycles. The number of likely N-dealkylation sites (tertiary alicyclic amines) is 1. The lowest BCUT2D eigenvalue weighted by atomic mass is 9.97. The van der Waals surface area contributed by atoms with Crippen LogP contribution in [-0.4, -0.2) is 33.4 Å². The summed E-state index contributed by atoms with van der Waals surface area (Å²) in [5, 5.41) is 3.89. The van der Waals surface area contributed by atoms with E-state index < -0.39 is 0 Å². The van der Waals surface area contributed by atoms with Crippen molar-refractivity contribution in [2.24, 2.45) is 5.92 Å². The maximum atomic E-state index is 13.0. The fraction of sp³-hybridized carbons (Fsp3) is 0.310. The SMILES string of the molecule is Cc1cccc(CNC(=O)[C@H]2CCCN(Cc3nc4ccccc4n3Cc3ccc(Cl)cc3)C2)c1. The first kappa shape index (κ1) is 23.6. The topological polar surface area (TPSA) is 50.2 Å². The summed E-state index contributed by atoms with van der Waals surface area (Å²) in [7, 11) is 0. The average molecular weight is 487 g/mol. The first-order chi connectivity index (χ1) is 17.0. The molecular formula is C29H31ClN4O. The van der Waals surface area contributed by atoms with Crippen LogP contribution in [0.4, 0.5) is 0 Å². The normalized spacial score (nSPS) is 16.5. The Bertz CT molecular complexity index is 1310. The fourth-order valence-corrected chi connectivity index (χ4v) is 5.09. The summed E-state index contributed by atoms with van der Waals surface area (Å²) in [6.07, 6.45) is 1.94. The molecule has 5 rings (SSSR count). The molecule has 1 fully saturated rings. The smallest absolute Gasteiger partial charge is 0.224 e. The zero-order valence-electron chi connectivity index (χ0n) is 20.1.